The lowest BCUT2D eigenvalue weighted by molar-refractivity contribution is 0.0738. The Kier molecular flexibility index (Phi) is 5.24. The Bertz CT molecular complexity index is 1290. The zero-order chi connectivity index (χ0) is 22.2. The second-order valence-electron chi connectivity index (χ2n) is 8.05. The van der Waals surface area contributed by atoms with Gasteiger partial charge in [-0.25, -0.2) is 14.6 Å². The number of aromatic nitrogens is 6. The third kappa shape index (κ3) is 4.29. The van der Waals surface area contributed by atoms with Gasteiger partial charge in [0.15, 0.2) is 5.82 Å². The minimum Gasteiger partial charge on any atom is -0.384 e. The number of nitrogens with zero attached hydrogens (tertiary/aromatic N) is 6. The Morgan fingerprint density at radius 1 is 1.16 bits per heavy atom. The van der Waals surface area contributed by atoms with Crippen LogP contribution in [0.2, 0.25) is 0 Å². The first kappa shape index (κ1) is 20.6. The van der Waals surface area contributed by atoms with Crippen LogP contribution in [0.25, 0.3) is 17.1 Å². The fraction of sp³-hybridized carbons (Fsp3) is 0.261. The Morgan fingerprint density at radius 3 is 2.68 bits per heavy atom. The molecule has 0 saturated heterocycles. The predicted molar refractivity (Wildman–Crippen MR) is 117 cm³/mol. The van der Waals surface area contributed by atoms with Crippen molar-refractivity contribution in [3.8, 4) is 17.1 Å². The summed E-state index contributed by atoms with van der Waals surface area (Å²) >= 11 is 0. The molecule has 0 bridgehead atoms. The van der Waals surface area contributed by atoms with Crippen molar-refractivity contribution in [1.82, 2.24) is 29.5 Å². The van der Waals surface area contributed by atoms with Gasteiger partial charge >= 0.3 is 0 Å². The number of hydrogen-bond acceptors (Lipinski definition) is 6. The Labute approximate surface area is 179 Å². The molecule has 3 heterocycles. The fourth-order valence-electron chi connectivity index (χ4n) is 3.34. The normalized spacial score (nSPS) is 12.7. The lowest BCUT2D eigenvalue weighted by atomic mass is 9.95. The van der Waals surface area contributed by atoms with Gasteiger partial charge in [0, 0.05) is 37.0 Å². The standard InChI is InChI=1S/C23H24N6O2/c1-15(21-19(30)9-11-29(27-21)18-13-25-28(4)14-18)16-6-5-7-17(12-16)22-24-10-8-20(26-22)23(2,3)31/h5-15,31H,1-4H3. The van der Waals surface area contributed by atoms with Gasteiger partial charge in [0.05, 0.1) is 18.1 Å². The predicted octanol–water partition coefficient (Wildman–Crippen LogP) is 2.80. The van der Waals surface area contributed by atoms with Gasteiger partial charge in [0.1, 0.15) is 17.0 Å². The molecule has 0 fully saturated rings. The van der Waals surface area contributed by atoms with Crippen LogP contribution in [0.15, 0.2) is 66.0 Å². The summed E-state index contributed by atoms with van der Waals surface area (Å²) in [5, 5.41) is 19.0. The van der Waals surface area contributed by atoms with E-state index in [1.54, 1.807) is 47.9 Å². The van der Waals surface area contributed by atoms with E-state index in [0.717, 1.165) is 16.8 Å². The third-order valence-corrected chi connectivity index (χ3v) is 5.13. The van der Waals surface area contributed by atoms with Gasteiger partial charge in [0.2, 0.25) is 5.43 Å². The van der Waals surface area contributed by atoms with Crippen LogP contribution in [-0.2, 0) is 12.6 Å². The molecule has 4 rings (SSSR count). The van der Waals surface area contributed by atoms with Crippen molar-refractivity contribution in [2.24, 2.45) is 7.05 Å². The molecule has 4 aromatic rings. The van der Waals surface area contributed by atoms with Gasteiger partial charge in [0.25, 0.3) is 0 Å². The van der Waals surface area contributed by atoms with Gasteiger partial charge in [-0.1, -0.05) is 25.1 Å². The van der Waals surface area contributed by atoms with Crippen LogP contribution in [0, 0.1) is 0 Å². The molecule has 1 unspecified atom stereocenters. The number of hydrogen-bond donors (Lipinski definition) is 1. The zero-order valence-electron chi connectivity index (χ0n) is 17.9. The summed E-state index contributed by atoms with van der Waals surface area (Å²) in [6, 6.07) is 10.9. The topological polar surface area (TPSA) is 98.7 Å². The van der Waals surface area contributed by atoms with Gasteiger partial charge in [-0.3, -0.25) is 9.48 Å². The second-order valence-corrected chi connectivity index (χ2v) is 8.05. The van der Waals surface area contributed by atoms with Gasteiger partial charge in [-0.15, -0.1) is 0 Å². The lowest BCUT2D eigenvalue weighted by Gasteiger charge is -2.17. The van der Waals surface area contributed by atoms with E-state index in [9.17, 15) is 9.90 Å². The van der Waals surface area contributed by atoms with Crippen LogP contribution in [0.3, 0.4) is 0 Å². The fourth-order valence-corrected chi connectivity index (χ4v) is 3.34. The smallest absolute Gasteiger partial charge is 0.203 e. The van der Waals surface area contributed by atoms with Crippen LogP contribution in [-0.4, -0.2) is 34.6 Å². The molecule has 1 atom stereocenters. The highest BCUT2D eigenvalue weighted by Crippen LogP contribution is 2.26. The maximum Gasteiger partial charge on any atom is 0.203 e. The summed E-state index contributed by atoms with van der Waals surface area (Å²) in [4.78, 5) is 21.4. The Balaban J connectivity index is 1.71. The Hall–Kier alpha value is -3.65. The quantitative estimate of drug-likeness (QED) is 0.537. The van der Waals surface area contributed by atoms with Crippen molar-refractivity contribution in [1.29, 1.82) is 0 Å². The molecule has 0 amide bonds. The molecular weight excluding hydrogens is 392 g/mol. The highest BCUT2D eigenvalue weighted by Gasteiger charge is 2.20. The van der Waals surface area contributed by atoms with E-state index >= 15 is 0 Å². The number of rotatable bonds is 5. The molecular formula is C23H24N6O2. The maximum atomic E-state index is 12.6. The van der Waals surface area contributed by atoms with Crippen molar-refractivity contribution >= 4 is 0 Å². The molecule has 1 N–H and O–H groups in total. The second kappa shape index (κ2) is 7.88. The van der Waals surface area contributed by atoms with E-state index in [1.807, 2.05) is 44.4 Å². The summed E-state index contributed by atoms with van der Waals surface area (Å²) in [6.45, 7) is 5.32. The average Bonchev–Trinajstić information content (AvgIpc) is 3.19. The van der Waals surface area contributed by atoms with Gasteiger partial charge < -0.3 is 5.11 Å². The van der Waals surface area contributed by atoms with E-state index in [4.69, 9.17) is 0 Å². The Morgan fingerprint density at radius 2 is 1.97 bits per heavy atom. The van der Waals surface area contributed by atoms with Crippen molar-refractivity contribution < 1.29 is 5.11 Å². The molecule has 0 aliphatic rings. The monoisotopic (exact) mass is 416 g/mol. The summed E-state index contributed by atoms with van der Waals surface area (Å²) in [7, 11) is 1.83. The molecule has 0 radical (unpaired) electrons. The van der Waals surface area contributed by atoms with Crippen molar-refractivity contribution in [3.63, 3.8) is 0 Å². The summed E-state index contributed by atoms with van der Waals surface area (Å²) in [6.07, 6.45) is 6.80. The molecule has 0 aliphatic heterocycles. The molecule has 8 heteroatoms. The average molecular weight is 416 g/mol. The highest BCUT2D eigenvalue weighted by molar-refractivity contribution is 5.57. The summed E-state index contributed by atoms with van der Waals surface area (Å²) < 4.78 is 3.34. The maximum absolute atomic E-state index is 12.6. The summed E-state index contributed by atoms with van der Waals surface area (Å²) in [5.41, 5.74) is 2.30. The third-order valence-electron chi connectivity index (χ3n) is 5.13. The van der Waals surface area contributed by atoms with Crippen LogP contribution >= 0.6 is 0 Å². The summed E-state index contributed by atoms with van der Waals surface area (Å²) in [5.74, 6) is 0.275. The highest BCUT2D eigenvalue weighted by atomic mass is 16.3. The van der Waals surface area contributed by atoms with E-state index in [2.05, 4.69) is 20.2 Å². The van der Waals surface area contributed by atoms with Crippen molar-refractivity contribution in [3.05, 3.63) is 88.4 Å². The molecule has 3 aromatic heterocycles. The minimum atomic E-state index is -1.06. The molecule has 31 heavy (non-hydrogen) atoms. The first-order valence-corrected chi connectivity index (χ1v) is 9.97. The minimum absolute atomic E-state index is 0.127. The number of aliphatic hydroxyl groups is 1. The molecule has 158 valence electrons. The van der Waals surface area contributed by atoms with Crippen LogP contribution in [0.4, 0.5) is 0 Å². The van der Waals surface area contributed by atoms with E-state index in [-0.39, 0.29) is 11.3 Å². The lowest BCUT2D eigenvalue weighted by Crippen LogP contribution is -2.19. The largest absolute Gasteiger partial charge is 0.384 e. The molecule has 0 spiro atoms. The number of aryl methyl sites for hydroxylation is 1. The van der Waals surface area contributed by atoms with Gasteiger partial charge in [-0.05, 0) is 31.5 Å². The van der Waals surface area contributed by atoms with Crippen molar-refractivity contribution in [2.75, 3.05) is 0 Å². The molecule has 1 aromatic carbocycles. The zero-order valence-corrected chi connectivity index (χ0v) is 17.9. The molecule has 8 nitrogen and oxygen atoms in total. The first-order valence-electron chi connectivity index (χ1n) is 9.97. The number of benzene rings is 1. The SMILES string of the molecule is CC(c1cccc(-c2nccc(C(C)(C)O)n2)c1)c1nn(-c2cnn(C)c2)ccc1=O. The van der Waals surface area contributed by atoms with Crippen LogP contribution < -0.4 is 5.43 Å². The van der Waals surface area contributed by atoms with Gasteiger partial charge in [-0.2, -0.15) is 10.2 Å². The van der Waals surface area contributed by atoms with Crippen LogP contribution in [0.1, 0.15) is 43.6 Å². The van der Waals surface area contributed by atoms with E-state index in [0.29, 0.717) is 17.2 Å². The van der Waals surface area contributed by atoms with Crippen molar-refractivity contribution in [2.45, 2.75) is 32.3 Å². The van der Waals surface area contributed by atoms with E-state index in [1.165, 1.54) is 6.07 Å². The first-order chi connectivity index (χ1) is 14.7. The molecule has 0 aliphatic carbocycles. The van der Waals surface area contributed by atoms with E-state index < -0.39 is 5.60 Å². The molecule has 0 saturated carbocycles. The van der Waals surface area contributed by atoms with Crippen LogP contribution in [0.5, 0.6) is 0 Å².